The fraction of sp³-hybridized carbons (Fsp3) is 0.231. The van der Waals surface area contributed by atoms with E-state index in [1.54, 1.807) is 6.07 Å². The van der Waals surface area contributed by atoms with Crippen molar-refractivity contribution in [3.8, 4) is 0 Å². The predicted octanol–water partition coefficient (Wildman–Crippen LogP) is 2.53. The highest BCUT2D eigenvalue weighted by atomic mass is 35.5. The molecule has 0 atom stereocenters. The number of H-pyrrole nitrogens is 1. The Morgan fingerprint density at radius 3 is 3.00 bits per heavy atom. The largest absolute Gasteiger partial charge is 0.382 e. The Hall–Kier alpha value is -1.88. The third kappa shape index (κ3) is 3.32. The van der Waals surface area contributed by atoms with Crippen LogP contribution in [0.15, 0.2) is 29.2 Å². The first-order valence-corrected chi connectivity index (χ1v) is 6.18. The van der Waals surface area contributed by atoms with Gasteiger partial charge in [0.1, 0.15) is 10.8 Å². The van der Waals surface area contributed by atoms with Crippen LogP contribution < -0.4 is 10.9 Å². The van der Waals surface area contributed by atoms with Crippen molar-refractivity contribution in [2.75, 3.05) is 11.9 Å². The Bertz CT molecular complexity index is 642. The third-order valence-corrected chi connectivity index (χ3v) is 3.19. The van der Waals surface area contributed by atoms with Crippen LogP contribution in [-0.2, 0) is 6.42 Å². The molecular weight excluding hydrogens is 269 g/mol. The number of halogens is 2. The number of benzene rings is 1. The zero-order chi connectivity index (χ0) is 13.8. The van der Waals surface area contributed by atoms with Gasteiger partial charge in [-0.05, 0) is 36.6 Å². The highest BCUT2D eigenvalue weighted by molar-refractivity contribution is 6.32. The minimum atomic E-state index is -0.426. The van der Waals surface area contributed by atoms with Gasteiger partial charge < -0.3 is 5.32 Å². The van der Waals surface area contributed by atoms with Gasteiger partial charge in [-0.1, -0.05) is 17.7 Å². The molecule has 1 aromatic carbocycles. The lowest BCUT2D eigenvalue weighted by Gasteiger charge is -2.09. The Labute approximate surface area is 114 Å². The van der Waals surface area contributed by atoms with Crippen LogP contribution in [0.2, 0.25) is 5.02 Å². The van der Waals surface area contributed by atoms with Gasteiger partial charge in [0.15, 0.2) is 0 Å². The van der Waals surface area contributed by atoms with Crippen LogP contribution in [-0.4, -0.2) is 16.7 Å². The third-order valence-electron chi connectivity index (χ3n) is 2.81. The SMILES string of the molecule is Cc1cc(F)ccc1CCNc1cn[nH]c(=O)c1Cl. The van der Waals surface area contributed by atoms with Crippen LogP contribution in [0, 0.1) is 12.7 Å². The molecule has 0 bridgehead atoms. The van der Waals surface area contributed by atoms with E-state index in [9.17, 15) is 9.18 Å². The molecule has 2 aromatic rings. The molecule has 0 aliphatic carbocycles. The van der Waals surface area contributed by atoms with Gasteiger partial charge in [0.25, 0.3) is 5.56 Å². The molecule has 2 N–H and O–H groups in total. The Morgan fingerprint density at radius 1 is 1.47 bits per heavy atom. The van der Waals surface area contributed by atoms with E-state index in [1.165, 1.54) is 18.3 Å². The van der Waals surface area contributed by atoms with Crippen molar-refractivity contribution in [2.24, 2.45) is 0 Å². The molecular formula is C13H13ClFN3O. The van der Waals surface area contributed by atoms with E-state index in [1.807, 2.05) is 6.92 Å². The van der Waals surface area contributed by atoms with Gasteiger partial charge in [-0.25, -0.2) is 9.49 Å². The zero-order valence-electron chi connectivity index (χ0n) is 10.3. The second-order valence-electron chi connectivity index (χ2n) is 4.17. The number of nitrogens with one attached hydrogen (secondary N) is 2. The highest BCUT2D eigenvalue weighted by Crippen LogP contribution is 2.15. The molecule has 0 spiro atoms. The van der Waals surface area contributed by atoms with E-state index in [2.05, 4.69) is 15.5 Å². The summed E-state index contributed by atoms with van der Waals surface area (Å²) in [6, 6.07) is 4.69. The van der Waals surface area contributed by atoms with Crippen molar-refractivity contribution >= 4 is 17.3 Å². The normalized spacial score (nSPS) is 10.5. The molecule has 19 heavy (non-hydrogen) atoms. The van der Waals surface area contributed by atoms with Gasteiger partial charge in [0.05, 0.1) is 11.9 Å². The summed E-state index contributed by atoms with van der Waals surface area (Å²) in [5.74, 6) is -0.240. The minimum absolute atomic E-state index is 0.0887. The van der Waals surface area contributed by atoms with Crippen molar-refractivity contribution < 1.29 is 4.39 Å². The van der Waals surface area contributed by atoms with Gasteiger partial charge in [-0.3, -0.25) is 4.79 Å². The summed E-state index contributed by atoms with van der Waals surface area (Å²) >= 11 is 5.83. The lowest BCUT2D eigenvalue weighted by Crippen LogP contribution is -2.13. The Kier molecular flexibility index (Phi) is 4.16. The van der Waals surface area contributed by atoms with E-state index < -0.39 is 5.56 Å². The molecule has 0 aliphatic rings. The molecule has 0 fully saturated rings. The van der Waals surface area contributed by atoms with Gasteiger partial charge in [-0.2, -0.15) is 5.10 Å². The standard InChI is InChI=1S/C13H13ClFN3O/c1-8-6-10(15)3-2-9(8)4-5-16-11-7-17-18-13(19)12(11)14/h2-3,6-7H,4-5H2,1H3,(H2,16,18,19). The number of aromatic nitrogens is 2. The minimum Gasteiger partial charge on any atom is -0.382 e. The topological polar surface area (TPSA) is 57.8 Å². The fourth-order valence-electron chi connectivity index (χ4n) is 1.78. The monoisotopic (exact) mass is 281 g/mol. The first-order valence-electron chi connectivity index (χ1n) is 5.80. The van der Waals surface area contributed by atoms with E-state index in [-0.39, 0.29) is 10.8 Å². The first-order chi connectivity index (χ1) is 9.08. The summed E-state index contributed by atoms with van der Waals surface area (Å²) in [7, 11) is 0. The van der Waals surface area contributed by atoms with Crippen molar-refractivity contribution in [3.05, 3.63) is 56.7 Å². The second-order valence-corrected chi connectivity index (χ2v) is 4.55. The quantitative estimate of drug-likeness (QED) is 0.905. The lowest BCUT2D eigenvalue weighted by atomic mass is 10.1. The smallest absolute Gasteiger partial charge is 0.285 e. The maximum Gasteiger partial charge on any atom is 0.285 e. The molecule has 1 aromatic heterocycles. The van der Waals surface area contributed by atoms with Gasteiger partial charge >= 0.3 is 0 Å². The number of rotatable bonds is 4. The van der Waals surface area contributed by atoms with Crippen LogP contribution in [0.5, 0.6) is 0 Å². The molecule has 0 aliphatic heterocycles. The number of anilines is 1. The zero-order valence-corrected chi connectivity index (χ0v) is 11.1. The van der Waals surface area contributed by atoms with Crippen molar-refractivity contribution in [1.29, 1.82) is 0 Å². The molecule has 0 saturated heterocycles. The number of hydrogen-bond donors (Lipinski definition) is 2. The maximum atomic E-state index is 13.0. The first kappa shape index (κ1) is 13.5. The summed E-state index contributed by atoms with van der Waals surface area (Å²) in [5, 5.41) is 9.03. The van der Waals surface area contributed by atoms with Gasteiger partial charge in [0, 0.05) is 6.54 Å². The van der Waals surface area contributed by atoms with Crippen LogP contribution >= 0.6 is 11.6 Å². The average molecular weight is 282 g/mol. The van der Waals surface area contributed by atoms with Crippen molar-refractivity contribution in [1.82, 2.24) is 10.2 Å². The summed E-state index contributed by atoms with van der Waals surface area (Å²) in [5.41, 5.74) is 2.01. The second kappa shape index (κ2) is 5.84. The molecule has 0 amide bonds. The lowest BCUT2D eigenvalue weighted by molar-refractivity contribution is 0.625. The summed E-state index contributed by atoms with van der Waals surface area (Å²) < 4.78 is 13.0. The molecule has 0 unspecified atom stereocenters. The number of nitrogens with zero attached hydrogens (tertiary/aromatic N) is 1. The van der Waals surface area contributed by atoms with Crippen LogP contribution in [0.25, 0.3) is 0 Å². The Morgan fingerprint density at radius 2 is 2.26 bits per heavy atom. The summed E-state index contributed by atoms with van der Waals surface area (Å²) in [4.78, 5) is 11.2. The van der Waals surface area contributed by atoms with E-state index in [0.717, 1.165) is 11.1 Å². The van der Waals surface area contributed by atoms with Crippen LogP contribution in [0.1, 0.15) is 11.1 Å². The Balaban J connectivity index is 2.00. The molecule has 2 rings (SSSR count). The van der Waals surface area contributed by atoms with Gasteiger partial charge in [-0.15, -0.1) is 0 Å². The predicted molar refractivity (Wildman–Crippen MR) is 73.2 cm³/mol. The number of hydrogen-bond acceptors (Lipinski definition) is 3. The average Bonchev–Trinajstić information content (AvgIpc) is 2.37. The fourth-order valence-corrected chi connectivity index (χ4v) is 1.94. The summed E-state index contributed by atoms with van der Waals surface area (Å²) in [6.45, 7) is 2.44. The van der Waals surface area contributed by atoms with E-state index in [0.29, 0.717) is 18.7 Å². The van der Waals surface area contributed by atoms with Crippen LogP contribution in [0.4, 0.5) is 10.1 Å². The molecule has 6 heteroatoms. The summed E-state index contributed by atoms with van der Waals surface area (Å²) in [6.07, 6.45) is 2.16. The number of aryl methyl sites for hydroxylation is 1. The molecule has 4 nitrogen and oxygen atoms in total. The molecule has 0 saturated carbocycles. The van der Waals surface area contributed by atoms with Crippen molar-refractivity contribution in [2.45, 2.75) is 13.3 Å². The van der Waals surface area contributed by atoms with Gasteiger partial charge in [0.2, 0.25) is 0 Å². The molecule has 1 heterocycles. The highest BCUT2D eigenvalue weighted by Gasteiger charge is 2.05. The maximum absolute atomic E-state index is 13.0. The number of aromatic amines is 1. The van der Waals surface area contributed by atoms with Crippen LogP contribution in [0.3, 0.4) is 0 Å². The van der Waals surface area contributed by atoms with Crippen molar-refractivity contribution in [3.63, 3.8) is 0 Å². The van der Waals surface area contributed by atoms with E-state index in [4.69, 9.17) is 11.6 Å². The molecule has 100 valence electrons. The van der Waals surface area contributed by atoms with E-state index >= 15 is 0 Å². The molecule has 0 radical (unpaired) electrons.